The summed E-state index contributed by atoms with van der Waals surface area (Å²) in [6, 6.07) is 16.4. The van der Waals surface area contributed by atoms with E-state index < -0.39 is 35.7 Å². The number of ketones is 1. The number of alkyl halides is 3. The second kappa shape index (κ2) is 9.98. The minimum atomic E-state index is -5.32. The third-order valence-electron chi connectivity index (χ3n) is 6.25. The minimum Gasteiger partial charge on any atom is -0.367 e. The summed E-state index contributed by atoms with van der Waals surface area (Å²) in [6.45, 7) is 3.28. The minimum absolute atomic E-state index is 0.121. The van der Waals surface area contributed by atoms with Gasteiger partial charge in [-0.2, -0.15) is 13.2 Å². The SMILES string of the molecule is CCN(Cc1ccccc1)c1ccc([C@@H]2NC(=O)N[C@@](O)(C(F)(F)F)[C@H]2C(=O)c2cccnc2)cc1. The third kappa shape index (κ3) is 4.90. The zero-order valence-corrected chi connectivity index (χ0v) is 19.4. The normalized spacial score (nSPS) is 21.9. The molecular weight excluding hydrogens is 473 g/mol. The molecule has 0 aliphatic carbocycles. The molecule has 1 saturated heterocycles. The molecule has 3 atom stereocenters. The van der Waals surface area contributed by atoms with Gasteiger partial charge in [0.25, 0.3) is 0 Å². The summed E-state index contributed by atoms with van der Waals surface area (Å²) in [5.74, 6) is -3.11. The van der Waals surface area contributed by atoms with Gasteiger partial charge in [0.15, 0.2) is 5.78 Å². The molecule has 2 amide bonds. The highest BCUT2D eigenvalue weighted by molar-refractivity contribution is 6.00. The van der Waals surface area contributed by atoms with Gasteiger partial charge in [-0.1, -0.05) is 42.5 Å². The van der Waals surface area contributed by atoms with E-state index in [2.05, 4.69) is 15.2 Å². The van der Waals surface area contributed by atoms with Crippen LogP contribution in [0, 0.1) is 5.92 Å². The smallest absolute Gasteiger partial charge is 0.367 e. The second-order valence-electron chi connectivity index (χ2n) is 8.52. The lowest BCUT2D eigenvalue weighted by atomic mass is 9.77. The summed E-state index contributed by atoms with van der Waals surface area (Å²) >= 11 is 0. The molecule has 10 heteroatoms. The van der Waals surface area contributed by atoms with E-state index in [1.54, 1.807) is 24.3 Å². The van der Waals surface area contributed by atoms with Crippen LogP contribution in [-0.2, 0) is 6.54 Å². The van der Waals surface area contributed by atoms with Crippen molar-refractivity contribution in [3.8, 4) is 0 Å². The van der Waals surface area contributed by atoms with Gasteiger partial charge in [-0.15, -0.1) is 0 Å². The molecule has 1 aromatic heterocycles. The number of pyridine rings is 1. The Morgan fingerprint density at radius 1 is 1.08 bits per heavy atom. The first-order valence-corrected chi connectivity index (χ1v) is 11.3. The number of urea groups is 1. The number of amides is 2. The topological polar surface area (TPSA) is 94.6 Å². The van der Waals surface area contributed by atoms with Gasteiger partial charge < -0.3 is 20.6 Å². The first-order chi connectivity index (χ1) is 17.1. The van der Waals surface area contributed by atoms with E-state index in [1.165, 1.54) is 23.6 Å². The predicted molar refractivity (Wildman–Crippen MR) is 127 cm³/mol. The van der Waals surface area contributed by atoms with Crippen LogP contribution >= 0.6 is 0 Å². The number of benzene rings is 2. The van der Waals surface area contributed by atoms with Crippen molar-refractivity contribution in [2.45, 2.75) is 31.4 Å². The van der Waals surface area contributed by atoms with Crippen molar-refractivity contribution in [2.75, 3.05) is 11.4 Å². The second-order valence-corrected chi connectivity index (χ2v) is 8.52. The van der Waals surface area contributed by atoms with Crippen LogP contribution in [0.4, 0.5) is 23.7 Å². The number of carbonyl (C=O) groups is 2. The fraction of sp³-hybridized carbons (Fsp3) is 0.269. The Labute approximate surface area is 206 Å². The zero-order chi connectivity index (χ0) is 25.9. The van der Waals surface area contributed by atoms with E-state index in [1.807, 2.05) is 37.3 Å². The summed E-state index contributed by atoms with van der Waals surface area (Å²) < 4.78 is 42.2. The zero-order valence-electron chi connectivity index (χ0n) is 19.4. The lowest BCUT2D eigenvalue weighted by molar-refractivity contribution is -0.287. The largest absolute Gasteiger partial charge is 0.437 e. The van der Waals surface area contributed by atoms with Gasteiger partial charge in [0.05, 0.1) is 6.04 Å². The van der Waals surface area contributed by atoms with E-state index >= 15 is 0 Å². The Balaban J connectivity index is 1.70. The van der Waals surface area contributed by atoms with Crippen LogP contribution in [0.15, 0.2) is 79.1 Å². The monoisotopic (exact) mass is 498 g/mol. The number of Topliss-reactive ketones (excluding diaryl/α,β-unsaturated/α-hetero) is 1. The number of nitrogens with zero attached hydrogens (tertiary/aromatic N) is 2. The van der Waals surface area contributed by atoms with E-state index in [0.29, 0.717) is 13.1 Å². The standard InChI is InChI=1S/C26H25F3N4O3/c1-2-33(16-17-7-4-3-5-8-17)20-12-10-18(11-13-20)22-21(23(34)19-9-6-14-30-15-19)25(36,26(27,28)29)32-24(35)31-22/h3-15,21-22,36H,2,16H2,1H3,(H2,31,32,35)/t21-,22+,25+/m1/s1. The highest BCUT2D eigenvalue weighted by atomic mass is 19.4. The number of nitrogens with one attached hydrogen (secondary N) is 2. The van der Waals surface area contributed by atoms with Crippen LogP contribution in [0.2, 0.25) is 0 Å². The van der Waals surface area contributed by atoms with Gasteiger partial charge in [-0.25, -0.2) is 4.79 Å². The van der Waals surface area contributed by atoms with Crippen LogP contribution in [0.1, 0.15) is 34.5 Å². The Bertz CT molecular complexity index is 1210. The number of carbonyl (C=O) groups excluding carboxylic acids is 2. The fourth-order valence-corrected chi connectivity index (χ4v) is 4.39. The summed E-state index contributed by atoms with van der Waals surface area (Å²) in [7, 11) is 0. The molecule has 0 spiro atoms. The Morgan fingerprint density at radius 2 is 1.78 bits per heavy atom. The molecular formula is C26H25F3N4O3. The Kier molecular flexibility index (Phi) is 6.98. The van der Waals surface area contributed by atoms with Crippen molar-refractivity contribution in [2.24, 2.45) is 5.92 Å². The van der Waals surface area contributed by atoms with Crippen molar-refractivity contribution < 1.29 is 27.9 Å². The summed E-state index contributed by atoms with van der Waals surface area (Å²) in [6.07, 6.45) is -2.82. The first-order valence-electron chi connectivity index (χ1n) is 11.3. The van der Waals surface area contributed by atoms with Gasteiger partial charge in [0.1, 0.15) is 5.92 Å². The molecule has 1 fully saturated rings. The molecule has 4 rings (SSSR count). The molecule has 1 aliphatic rings. The highest BCUT2D eigenvalue weighted by Crippen LogP contribution is 2.44. The molecule has 0 bridgehead atoms. The molecule has 0 saturated carbocycles. The van der Waals surface area contributed by atoms with Crippen molar-refractivity contribution in [1.82, 2.24) is 15.6 Å². The molecule has 2 aromatic carbocycles. The maximum Gasteiger partial charge on any atom is 0.437 e. The van der Waals surface area contributed by atoms with Crippen LogP contribution < -0.4 is 15.5 Å². The molecule has 188 valence electrons. The number of hydrogen-bond donors (Lipinski definition) is 3. The predicted octanol–water partition coefficient (Wildman–Crippen LogP) is 4.21. The average Bonchev–Trinajstić information content (AvgIpc) is 2.87. The maximum absolute atomic E-state index is 14.1. The van der Waals surface area contributed by atoms with Crippen LogP contribution in [-0.4, -0.2) is 40.4 Å². The van der Waals surface area contributed by atoms with Crippen molar-refractivity contribution in [3.63, 3.8) is 0 Å². The summed E-state index contributed by atoms with van der Waals surface area (Å²) in [5, 5.41) is 14.6. The number of aliphatic hydroxyl groups is 1. The van der Waals surface area contributed by atoms with Crippen LogP contribution in [0.3, 0.4) is 0 Å². The van der Waals surface area contributed by atoms with Gasteiger partial charge in [-0.05, 0) is 42.3 Å². The van der Waals surface area contributed by atoms with Gasteiger partial charge in [-0.3, -0.25) is 9.78 Å². The molecule has 3 N–H and O–H groups in total. The average molecular weight is 499 g/mol. The molecule has 1 aliphatic heterocycles. The molecule has 3 aromatic rings. The lowest BCUT2D eigenvalue weighted by Gasteiger charge is -2.45. The summed E-state index contributed by atoms with van der Waals surface area (Å²) in [4.78, 5) is 31.4. The van der Waals surface area contributed by atoms with E-state index in [9.17, 15) is 27.9 Å². The van der Waals surface area contributed by atoms with Crippen LogP contribution in [0.5, 0.6) is 0 Å². The maximum atomic E-state index is 14.1. The third-order valence-corrected chi connectivity index (χ3v) is 6.25. The van der Waals surface area contributed by atoms with E-state index in [0.717, 1.165) is 17.4 Å². The number of hydrogen-bond acceptors (Lipinski definition) is 5. The molecule has 7 nitrogen and oxygen atoms in total. The number of anilines is 1. The number of aromatic nitrogens is 1. The molecule has 0 unspecified atom stereocenters. The quantitative estimate of drug-likeness (QED) is 0.425. The molecule has 2 heterocycles. The van der Waals surface area contributed by atoms with E-state index in [-0.39, 0.29) is 11.1 Å². The van der Waals surface area contributed by atoms with Crippen LogP contribution in [0.25, 0.3) is 0 Å². The van der Waals surface area contributed by atoms with Gasteiger partial charge >= 0.3 is 12.2 Å². The fourth-order valence-electron chi connectivity index (χ4n) is 4.39. The Hall–Kier alpha value is -3.92. The van der Waals surface area contributed by atoms with Crippen molar-refractivity contribution in [1.29, 1.82) is 0 Å². The van der Waals surface area contributed by atoms with Gasteiger partial charge in [0.2, 0.25) is 5.72 Å². The lowest BCUT2D eigenvalue weighted by Crippen LogP contribution is -2.72. The van der Waals surface area contributed by atoms with E-state index in [4.69, 9.17) is 0 Å². The Morgan fingerprint density at radius 3 is 2.36 bits per heavy atom. The molecule has 0 radical (unpaired) electrons. The number of halogens is 3. The van der Waals surface area contributed by atoms with Crippen molar-refractivity contribution in [3.05, 3.63) is 95.8 Å². The van der Waals surface area contributed by atoms with Gasteiger partial charge in [0, 0.05) is 36.7 Å². The molecule has 36 heavy (non-hydrogen) atoms. The summed E-state index contributed by atoms with van der Waals surface area (Å²) in [5.41, 5.74) is -1.76. The highest BCUT2D eigenvalue weighted by Gasteiger charge is 2.66. The van der Waals surface area contributed by atoms with Crippen molar-refractivity contribution >= 4 is 17.5 Å². The first kappa shape index (κ1) is 25.2. The number of rotatable bonds is 7.